The third-order valence-electron chi connectivity index (χ3n) is 2.56. The van der Waals surface area contributed by atoms with Gasteiger partial charge in [0.05, 0.1) is 11.6 Å². The lowest BCUT2D eigenvalue weighted by molar-refractivity contribution is 0.612. The lowest BCUT2D eigenvalue weighted by Gasteiger charge is -2.15. The van der Waals surface area contributed by atoms with Crippen molar-refractivity contribution in [3.63, 3.8) is 0 Å². The van der Waals surface area contributed by atoms with Gasteiger partial charge in [0.1, 0.15) is 0 Å². The molecule has 0 spiro atoms. The van der Waals surface area contributed by atoms with E-state index in [1.165, 1.54) is 5.56 Å². The Morgan fingerprint density at radius 2 is 2.31 bits per heavy atom. The Morgan fingerprint density at radius 1 is 1.44 bits per heavy atom. The first-order valence-corrected chi connectivity index (χ1v) is 6.54. The normalized spacial score (nSPS) is 12.9. The molecule has 0 aliphatic carbocycles. The van der Waals surface area contributed by atoms with Crippen molar-refractivity contribution in [1.29, 1.82) is 0 Å². The predicted octanol–water partition coefficient (Wildman–Crippen LogP) is 2.10. The molecule has 1 unspecified atom stereocenters. The molecule has 0 saturated carbocycles. The third kappa shape index (κ3) is 2.35. The number of hydrogen-bond acceptors (Lipinski definition) is 4. The van der Waals surface area contributed by atoms with E-state index in [9.17, 15) is 0 Å². The lowest BCUT2D eigenvalue weighted by atomic mass is 10.1. The van der Waals surface area contributed by atoms with E-state index in [0.717, 1.165) is 16.7 Å². The van der Waals surface area contributed by atoms with Gasteiger partial charge in [0.2, 0.25) is 0 Å². The monoisotopic (exact) mass is 233 g/mol. The zero-order chi connectivity index (χ0) is 11.4. The van der Waals surface area contributed by atoms with Crippen LogP contribution in [-0.2, 0) is 0 Å². The van der Waals surface area contributed by atoms with E-state index in [4.69, 9.17) is 5.84 Å². The summed E-state index contributed by atoms with van der Waals surface area (Å²) in [5.74, 6) is 6.52. The van der Waals surface area contributed by atoms with Crippen molar-refractivity contribution in [2.45, 2.75) is 6.04 Å². The Balaban J connectivity index is 2.37. The molecule has 0 aliphatic rings. The summed E-state index contributed by atoms with van der Waals surface area (Å²) in [5.41, 5.74) is 5.07. The zero-order valence-corrected chi connectivity index (χ0v) is 10.00. The van der Waals surface area contributed by atoms with Crippen LogP contribution in [0.4, 0.5) is 0 Å². The zero-order valence-electron chi connectivity index (χ0n) is 9.18. The fraction of sp³-hybridized carbons (Fsp3) is 0.250. The molecular weight excluding hydrogens is 218 g/mol. The number of aromatic nitrogens is 1. The van der Waals surface area contributed by atoms with Crippen molar-refractivity contribution in [3.05, 3.63) is 42.1 Å². The number of hydrogen-bond donors (Lipinski definition) is 2. The predicted molar refractivity (Wildman–Crippen MR) is 70.2 cm³/mol. The number of benzene rings is 1. The number of hydrazine groups is 1. The van der Waals surface area contributed by atoms with Crippen molar-refractivity contribution in [2.24, 2.45) is 5.84 Å². The SMILES string of the molecule is CSCC(NN)c1ccc2ncccc2c1. The summed E-state index contributed by atoms with van der Waals surface area (Å²) in [6, 6.07) is 10.5. The number of pyridine rings is 1. The minimum absolute atomic E-state index is 0.194. The van der Waals surface area contributed by atoms with Gasteiger partial charge in [0.25, 0.3) is 0 Å². The maximum atomic E-state index is 5.56. The molecule has 1 atom stereocenters. The highest BCUT2D eigenvalue weighted by Crippen LogP contribution is 2.20. The van der Waals surface area contributed by atoms with Gasteiger partial charge in [-0.2, -0.15) is 11.8 Å². The van der Waals surface area contributed by atoms with Crippen LogP contribution in [0.15, 0.2) is 36.5 Å². The molecule has 0 saturated heterocycles. The number of nitrogens with two attached hydrogens (primary N) is 1. The maximum Gasteiger partial charge on any atom is 0.0702 e. The second-order valence-electron chi connectivity index (χ2n) is 3.63. The van der Waals surface area contributed by atoms with E-state index in [2.05, 4.69) is 34.9 Å². The molecule has 0 aliphatic heterocycles. The molecule has 0 amide bonds. The minimum atomic E-state index is 0.194. The molecule has 0 radical (unpaired) electrons. The summed E-state index contributed by atoms with van der Waals surface area (Å²) in [4.78, 5) is 4.30. The van der Waals surface area contributed by atoms with E-state index < -0.39 is 0 Å². The Labute approximate surface area is 99.4 Å². The molecule has 2 aromatic rings. The van der Waals surface area contributed by atoms with Gasteiger partial charge < -0.3 is 0 Å². The third-order valence-corrected chi connectivity index (χ3v) is 3.23. The number of nitrogens with zero attached hydrogens (tertiary/aromatic N) is 1. The van der Waals surface area contributed by atoms with Crippen molar-refractivity contribution in [2.75, 3.05) is 12.0 Å². The van der Waals surface area contributed by atoms with Crippen LogP contribution in [0.1, 0.15) is 11.6 Å². The van der Waals surface area contributed by atoms with E-state index in [0.29, 0.717) is 0 Å². The Morgan fingerprint density at radius 3 is 3.06 bits per heavy atom. The average Bonchev–Trinajstić information content (AvgIpc) is 2.35. The second kappa shape index (κ2) is 5.30. The van der Waals surface area contributed by atoms with Crippen LogP contribution < -0.4 is 11.3 Å². The molecule has 1 heterocycles. The van der Waals surface area contributed by atoms with Gasteiger partial charge in [-0.1, -0.05) is 12.1 Å². The van der Waals surface area contributed by atoms with Crippen molar-refractivity contribution < 1.29 is 0 Å². The van der Waals surface area contributed by atoms with Crippen LogP contribution in [0.5, 0.6) is 0 Å². The number of thioether (sulfide) groups is 1. The maximum absolute atomic E-state index is 5.56. The van der Waals surface area contributed by atoms with Crippen LogP contribution in [0, 0.1) is 0 Å². The highest BCUT2D eigenvalue weighted by atomic mass is 32.2. The van der Waals surface area contributed by atoms with Crippen molar-refractivity contribution in [1.82, 2.24) is 10.4 Å². The first-order valence-electron chi connectivity index (χ1n) is 5.15. The quantitative estimate of drug-likeness (QED) is 0.627. The highest BCUT2D eigenvalue weighted by Gasteiger charge is 2.09. The van der Waals surface area contributed by atoms with E-state index >= 15 is 0 Å². The summed E-state index contributed by atoms with van der Waals surface area (Å²) in [6.07, 6.45) is 3.88. The number of fused-ring (bicyclic) bond motifs is 1. The smallest absolute Gasteiger partial charge is 0.0702 e. The van der Waals surface area contributed by atoms with Crippen LogP contribution in [-0.4, -0.2) is 17.0 Å². The molecular formula is C12H15N3S. The van der Waals surface area contributed by atoms with Crippen LogP contribution >= 0.6 is 11.8 Å². The Kier molecular flexibility index (Phi) is 3.77. The fourth-order valence-corrected chi connectivity index (χ4v) is 2.34. The van der Waals surface area contributed by atoms with E-state index in [1.807, 2.05) is 18.3 Å². The largest absolute Gasteiger partial charge is 0.271 e. The average molecular weight is 233 g/mol. The van der Waals surface area contributed by atoms with Crippen LogP contribution in [0.25, 0.3) is 10.9 Å². The van der Waals surface area contributed by atoms with Crippen molar-refractivity contribution in [3.8, 4) is 0 Å². The number of rotatable bonds is 4. The van der Waals surface area contributed by atoms with Crippen LogP contribution in [0.3, 0.4) is 0 Å². The fourth-order valence-electron chi connectivity index (χ4n) is 1.72. The lowest BCUT2D eigenvalue weighted by Crippen LogP contribution is -2.29. The molecule has 16 heavy (non-hydrogen) atoms. The van der Waals surface area contributed by atoms with Gasteiger partial charge in [0.15, 0.2) is 0 Å². The highest BCUT2D eigenvalue weighted by molar-refractivity contribution is 7.98. The molecule has 4 heteroatoms. The van der Waals surface area contributed by atoms with Crippen LogP contribution in [0.2, 0.25) is 0 Å². The Bertz CT molecular complexity index is 473. The minimum Gasteiger partial charge on any atom is -0.271 e. The molecule has 0 fully saturated rings. The standard InChI is InChI=1S/C12H15N3S/c1-16-8-12(15-13)10-4-5-11-9(7-10)3-2-6-14-11/h2-7,12,15H,8,13H2,1H3. The van der Waals surface area contributed by atoms with Gasteiger partial charge in [-0.25, -0.2) is 0 Å². The molecule has 1 aromatic carbocycles. The van der Waals surface area contributed by atoms with Gasteiger partial charge in [-0.05, 0) is 30.0 Å². The molecule has 3 N–H and O–H groups in total. The summed E-state index contributed by atoms with van der Waals surface area (Å²) in [6.45, 7) is 0. The number of nitrogens with one attached hydrogen (secondary N) is 1. The second-order valence-corrected chi connectivity index (χ2v) is 4.54. The molecule has 1 aromatic heterocycles. The first-order chi connectivity index (χ1) is 7.85. The molecule has 0 bridgehead atoms. The van der Waals surface area contributed by atoms with Gasteiger partial charge in [0, 0.05) is 17.3 Å². The van der Waals surface area contributed by atoms with E-state index in [1.54, 1.807) is 11.8 Å². The van der Waals surface area contributed by atoms with Gasteiger partial charge >= 0.3 is 0 Å². The van der Waals surface area contributed by atoms with Gasteiger partial charge in [-0.3, -0.25) is 16.3 Å². The van der Waals surface area contributed by atoms with Crippen molar-refractivity contribution >= 4 is 22.7 Å². The molecule has 3 nitrogen and oxygen atoms in total. The summed E-state index contributed by atoms with van der Waals surface area (Å²) in [5, 5.41) is 1.15. The molecule has 2 rings (SSSR count). The molecule has 84 valence electrons. The topological polar surface area (TPSA) is 50.9 Å². The first kappa shape index (κ1) is 11.4. The van der Waals surface area contributed by atoms with E-state index in [-0.39, 0.29) is 6.04 Å². The Hall–Kier alpha value is -1.10. The summed E-state index contributed by atoms with van der Waals surface area (Å²) >= 11 is 1.78. The summed E-state index contributed by atoms with van der Waals surface area (Å²) in [7, 11) is 0. The summed E-state index contributed by atoms with van der Waals surface area (Å²) < 4.78 is 0. The van der Waals surface area contributed by atoms with Gasteiger partial charge in [-0.15, -0.1) is 0 Å².